The molecule has 0 aromatic carbocycles. The quantitative estimate of drug-likeness (QED) is 0.557. The molecule has 0 aliphatic rings. The number of methoxy groups -OCH3 is 1. The number of hydrogen-bond donors (Lipinski definition) is 0. The minimum absolute atomic E-state index is 0.346. The number of hydrogen-bond acceptors (Lipinski definition) is 2. The van der Waals surface area contributed by atoms with Crippen molar-refractivity contribution in [3.05, 3.63) is 12.7 Å². The molecule has 0 unspecified atom stereocenters. The van der Waals surface area contributed by atoms with Gasteiger partial charge < -0.3 is 4.74 Å². The summed E-state index contributed by atoms with van der Waals surface area (Å²) in [5.41, 5.74) is 0. The molecule has 0 fully saturated rings. The molecule has 78 valence electrons. The van der Waals surface area contributed by atoms with E-state index in [0.717, 1.165) is 6.42 Å². The summed E-state index contributed by atoms with van der Waals surface area (Å²) < 4.78 is 5.45. The number of rotatable bonds is 8. The van der Waals surface area contributed by atoms with E-state index in [1.54, 1.807) is 7.11 Å². The molecule has 0 radical (unpaired) electrons. The van der Waals surface area contributed by atoms with Crippen LogP contribution < -0.4 is 0 Å². The molecule has 0 aliphatic carbocycles. The van der Waals surface area contributed by atoms with Crippen LogP contribution in [0.4, 0.5) is 0 Å². The van der Waals surface area contributed by atoms with Crippen molar-refractivity contribution < 1.29 is 4.74 Å². The van der Waals surface area contributed by atoms with E-state index in [1.807, 2.05) is 17.8 Å². The Morgan fingerprint density at radius 3 is 2.62 bits per heavy atom. The molecule has 0 spiro atoms. The summed E-state index contributed by atoms with van der Waals surface area (Å²) in [6, 6.07) is 0. The van der Waals surface area contributed by atoms with Crippen molar-refractivity contribution in [1.82, 2.24) is 0 Å². The van der Waals surface area contributed by atoms with Crippen molar-refractivity contribution in [2.75, 3.05) is 13.4 Å². The third-order valence-corrected chi connectivity index (χ3v) is 3.41. The molecule has 2 atom stereocenters. The molecule has 0 amide bonds. The van der Waals surface area contributed by atoms with Crippen LogP contribution in [0.15, 0.2) is 12.7 Å². The molecule has 0 saturated carbocycles. The maximum Gasteiger partial charge on any atom is 0.0723 e. The molecule has 2 heteroatoms. The second-order valence-corrected chi connectivity index (χ2v) is 4.29. The van der Waals surface area contributed by atoms with E-state index in [2.05, 4.69) is 19.8 Å². The van der Waals surface area contributed by atoms with Crippen molar-refractivity contribution in [3.63, 3.8) is 0 Å². The van der Waals surface area contributed by atoms with Crippen LogP contribution in [0.25, 0.3) is 0 Å². The van der Waals surface area contributed by atoms with Gasteiger partial charge in [0.15, 0.2) is 0 Å². The molecule has 1 nitrogen and oxygen atoms in total. The Hall–Kier alpha value is 0.0500. The molecular formula is C11H22OS. The minimum atomic E-state index is 0.346. The molecule has 13 heavy (non-hydrogen) atoms. The lowest BCUT2D eigenvalue weighted by molar-refractivity contribution is 0.101. The summed E-state index contributed by atoms with van der Waals surface area (Å²) in [6.07, 6.45) is 9.23. The normalized spacial score (nSPS) is 15.3. The average Bonchev–Trinajstić information content (AvgIpc) is 2.17. The topological polar surface area (TPSA) is 9.23 Å². The average molecular weight is 202 g/mol. The van der Waals surface area contributed by atoms with E-state index >= 15 is 0 Å². The summed E-state index contributed by atoms with van der Waals surface area (Å²) in [5, 5.41) is 0.628. The molecule has 0 rings (SSSR count). The first-order valence-electron chi connectivity index (χ1n) is 4.96. The first-order valence-corrected chi connectivity index (χ1v) is 6.25. The molecule has 0 heterocycles. The number of ether oxygens (including phenoxy) is 1. The zero-order valence-electron chi connectivity index (χ0n) is 9.08. The van der Waals surface area contributed by atoms with Crippen molar-refractivity contribution in [2.24, 2.45) is 0 Å². The van der Waals surface area contributed by atoms with Gasteiger partial charge in [-0.2, -0.15) is 11.8 Å². The third-order valence-electron chi connectivity index (χ3n) is 2.26. The van der Waals surface area contributed by atoms with Crippen molar-refractivity contribution in [3.8, 4) is 0 Å². The predicted octanol–water partition coefficient (Wildman–Crippen LogP) is 3.50. The highest BCUT2D eigenvalue weighted by Crippen LogP contribution is 2.22. The summed E-state index contributed by atoms with van der Waals surface area (Å²) in [6.45, 7) is 5.99. The van der Waals surface area contributed by atoms with E-state index in [-0.39, 0.29) is 0 Å². The molecule has 0 N–H and O–H groups in total. The van der Waals surface area contributed by atoms with E-state index in [9.17, 15) is 0 Å². The van der Waals surface area contributed by atoms with Gasteiger partial charge in [0.05, 0.1) is 6.10 Å². The Morgan fingerprint density at radius 1 is 1.54 bits per heavy atom. The van der Waals surface area contributed by atoms with Crippen LogP contribution in [0, 0.1) is 0 Å². The Morgan fingerprint density at radius 2 is 2.23 bits per heavy atom. The van der Waals surface area contributed by atoms with Crippen LogP contribution in [-0.2, 0) is 4.74 Å². The second-order valence-electron chi connectivity index (χ2n) is 3.21. The maximum atomic E-state index is 5.45. The van der Waals surface area contributed by atoms with E-state index < -0.39 is 0 Å². The lowest BCUT2D eigenvalue weighted by Crippen LogP contribution is -2.24. The Labute approximate surface area is 86.9 Å². The third kappa shape index (κ3) is 5.37. The van der Waals surface area contributed by atoms with Gasteiger partial charge in [0.25, 0.3) is 0 Å². The Kier molecular flexibility index (Phi) is 8.67. The summed E-state index contributed by atoms with van der Waals surface area (Å²) in [5.74, 6) is 0. The van der Waals surface area contributed by atoms with Crippen LogP contribution >= 0.6 is 11.8 Å². The van der Waals surface area contributed by atoms with E-state index in [0.29, 0.717) is 11.4 Å². The molecule has 0 saturated heterocycles. The highest BCUT2D eigenvalue weighted by atomic mass is 32.2. The predicted molar refractivity (Wildman–Crippen MR) is 62.4 cm³/mol. The summed E-state index contributed by atoms with van der Waals surface area (Å²) >= 11 is 1.91. The van der Waals surface area contributed by atoms with Gasteiger partial charge >= 0.3 is 0 Å². The number of thioether (sulfide) groups is 1. The molecular weight excluding hydrogens is 180 g/mol. The molecule has 0 aromatic rings. The van der Waals surface area contributed by atoms with Crippen LogP contribution in [0.2, 0.25) is 0 Å². The van der Waals surface area contributed by atoms with Gasteiger partial charge in [-0.1, -0.05) is 25.8 Å². The lowest BCUT2D eigenvalue weighted by atomic mass is 10.1. The first kappa shape index (κ1) is 13.1. The van der Waals surface area contributed by atoms with Gasteiger partial charge in [0.2, 0.25) is 0 Å². The van der Waals surface area contributed by atoms with Gasteiger partial charge in [-0.25, -0.2) is 0 Å². The van der Waals surface area contributed by atoms with Crippen molar-refractivity contribution in [1.29, 1.82) is 0 Å². The zero-order valence-corrected chi connectivity index (χ0v) is 9.90. The van der Waals surface area contributed by atoms with Crippen molar-refractivity contribution >= 4 is 11.8 Å². The SMILES string of the molecule is C=CC[C@@H](OC)[C@H](CCCC)SC. The van der Waals surface area contributed by atoms with Gasteiger partial charge in [-0.05, 0) is 19.1 Å². The summed E-state index contributed by atoms with van der Waals surface area (Å²) in [4.78, 5) is 0. The number of unbranched alkanes of at least 4 members (excludes halogenated alkanes) is 1. The monoisotopic (exact) mass is 202 g/mol. The molecule has 0 aliphatic heterocycles. The first-order chi connectivity index (χ1) is 6.29. The minimum Gasteiger partial charge on any atom is -0.380 e. The van der Waals surface area contributed by atoms with Crippen LogP contribution in [-0.4, -0.2) is 24.7 Å². The fourth-order valence-corrected chi connectivity index (χ4v) is 2.35. The standard InChI is InChI=1S/C11H22OS/c1-5-7-9-11(13-4)10(12-3)8-6-2/h6,10-11H,2,5,7-9H2,1,3-4H3/t10-,11+/m1/s1. The molecule has 0 bridgehead atoms. The molecule has 0 aromatic heterocycles. The van der Waals surface area contributed by atoms with Crippen LogP contribution in [0.3, 0.4) is 0 Å². The van der Waals surface area contributed by atoms with E-state index in [4.69, 9.17) is 4.74 Å². The zero-order chi connectivity index (χ0) is 10.1. The van der Waals surface area contributed by atoms with Gasteiger partial charge in [-0.15, -0.1) is 6.58 Å². The highest BCUT2D eigenvalue weighted by molar-refractivity contribution is 7.99. The lowest BCUT2D eigenvalue weighted by Gasteiger charge is -2.23. The van der Waals surface area contributed by atoms with Gasteiger partial charge in [0, 0.05) is 12.4 Å². The van der Waals surface area contributed by atoms with Crippen LogP contribution in [0.1, 0.15) is 32.6 Å². The van der Waals surface area contributed by atoms with Crippen molar-refractivity contribution in [2.45, 2.75) is 44.0 Å². The van der Waals surface area contributed by atoms with E-state index in [1.165, 1.54) is 19.3 Å². The Balaban J connectivity index is 3.91. The van der Waals surface area contributed by atoms with Gasteiger partial charge in [0.1, 0.15) is 0 Å². The fourth-order valence-electron chi connectivity index (χ4n) is 1.42. The highest BCUT2D eigenvalue weighted by Gasteiger charge is 2.17. The van der Waals surface area contributed by atoms with Crippen LogP contribution in [0.5, 0.6) is 0 Å². The smallest absolute Gasteiger partial charge is 0.0723 e. The second kappa shape index (κ2) is 8.64. The summed E-state index contributed by atoms with van der Waals surface area (Å²) in [7, 11) is 1.79. The largest absolute Gasteiger partial charge is 0.380 e. The fraction of sp³-hybridized carbons (Fsp3) is 0.818. The van der Waals surface area contributed by atoms with Gasteiger partial charge in [-0.3, -0.25) is 0 Å². The Bertz CT molecular complexity index is 125. The maximum absolute atomic E-state index is 5.45.